The van der Waals surface area contributed by atoms with E-state index in [-0.39, 0.29) is 10.8 Å². The van der Waals surface area contributed by atoms with Crippen molar-refractivity contribution < 1.29 is 4.58 Å². The molecule has 5 rings (SSSR count). The SMILES string of the molecule is CC[N+]1=C(C=C2N(C)c3ccccc3C2(C)Cc2ccccc2)C(C)(C)c2ccccc21. The zero-order valence-electron chi connectivity index (χ0n) is 19.9. The van der Waals surface area contributed by atoms with Crippen molar-refractivity contribution >= 4 is 17.1 Å². The molecule has 0 amide bonds. The van der Waals surface area contributed by atoms with Crippen molar-refractivity contribution in [1.82, 2.24) is 0 Å². The van der Waals surface area contributed by atoms with Crippen LogP contribution >= 0.6 is 0 Å². The first kappa shape index (κ1) is 20.8. The third kappa shape index (κ3) is 2.97. The quantitative estimate of drug-likeness (QED) is 0.429. The summed E-state index contributed by atoms with van der Waals surface area (Å²) in [5, 5.41) is 0. The van der Waals surface area contributed by atoms with E-state index in [1.54, 1.807) is 0 Å². The zero-order chi connectivity index (χ0) is 22.5. The second-order valence-corrected chi connectivity index (χ2v) is 9.87. The maximum absolute atomic E-state index is 2.50. The van der Waals surface area contributed by atoms with Crippen molar-refractivity contribution in [1.29, 1.82) is 0 Å². The van der Waals surface area contributed by atoms with Crippen LogP contribution in [0.25, 0.3) is 0 Å². The Morgan fingerprint density at radius 3 is 2.16 bits per heavy atom. The highest BCUT2D eigenvalue weighted by molar-refractivity contribution is 6.04. The Balaban J connectivity index is 1.71. The molecule has 2 nitrogen and oxygen atoms in total. The van der Waals surface area contributed by atoms with Crippen LogP contribution in [0, 0.1) is 0 Å². The van der Waals surface area contributed by atoms with Crippen LogP contribution in [0.4, 0.5) is 11.4 Å². The van der Waals surface area contributed by atoms with E-state index in [1.807, 2.05) is 0 Å². The molecular weight excluding hydrogens is 388 g/mol. The van der Waals surface area contributed by atoms with Gasteiger partial charge in [-0.1, -0.05) is 66.7 Å². The fourth-order valence-corrected chi connectivity index (χ4v) is 5.89. The highest BCUT2D eigenvalue weighted by atomic mass is 15.2. The van der Waals surface area contributed by atoms with Crippen LogP contribution in [0.2, 0.25) is 0 Å². The van der Waals surface area contributed by atoms with Gasteiger partial charge >= 0.3 is 0 Å². The standard InChI is InChI=1S/C30H33N2/c1-6-32-26-19-13-10-16-23(26)29(2,3)27(32)20-28-30(4,21-22-14-8-7-9-15-22)24-17-11-12-18-25(24)31(28)5/h7-20H,6,21H2,1-5H3/q+1. The average Bonchev–Trinajstić information content (AvgIpc) is 3.15. The van der Waals surface area contributed by atoms with Gasteiger partial charge in [-0.2, -0.15) is 4.58 Å². The first-order chi connectivity index (χ1) is 15.4. The van der Waals surface area contributed by atoms with Gasteiger partial charge in [0.25, 0.3) is 0 Å². The van der Waals surface area contributed by atoms with Gasteiger partial charge in [-0.15, -0.1) is 0 Å². The Hall–Kier alpha value is -3.13. The van der Waals surface area contributed by atoms with Crippen LogP contribution in [0.15, 0.2) is 90.6 Å². The molecule has 0 fully saturated rings. The summed E-state index contributed by atoms with van der Waals surface area (Å²) in [7, 11) is 2.23. The van der Waals surface area contributed by atoms with Crippen molar-refractivity contribution in [2.75, 3.05) is 18.5 Å². The molecule has 2 heteroatoms. The maximum Gasteiger partial charge on any atom is 0.209 e. The van der Waals surface area contributed by atoms with Crippen molar-refractivity contribution in [3.8, 4) is 0 Å². The average molecular weight is 422 g/mol. The van der Waals surface area contributed by atoms with Gasteiger partial charge in [-0.3, -0.25) is 0 Å². The lowest BCUT2D eigenvalue weighted by Gasteiger charge is -2.29. The molecule has 3 aromatic rings. The molecule has 0 saturated carbocycles. The second kappa shape index (κ2) is 7.48. The summed E-state index contributed by atoms with van der Waals surface area (Å²) in [5.41, 5.74) is 9.48. The van der Waals surface area contributed by atoms with E-state index >= 15 is 0 Å². The number of likely N-dealkylation sites (N-methyl/N-ethyl adjacent to an activating group) is 1. The highest BCUT2D eigenvalue weighted by Crippen LogP contribution is 2.50. The predicted molar refractivity (Wildman–Crippen MR) is 135 cm³/mol. The molecule has 32 heavy (non-hydrogen) atoms. The van der Waals surface area contributed by atoms with Crippen molar-refractivity contribution in [2.45, 2.75) is 44.9 Å². The minimum absolute atomic E-state index is 0.0388. The zero-order valence-corrected chi connectivity index (χ0v) is 19.9. The number of allylic oxidation sites excluding steroid dienone is 2. The Morgan fingerprint density at radius 2 is 1.44 bits per heavy atom. The number of fused-ring (bicyclic) bond motifs is 2. The van der Waals surface area contributed by atoms with Gasteiger partial charge in [0.15, 0.2) is 5.71 Å². The number of hydrogen-bond donors (Lipinski definition) is 0. The number of para-hydroxylation sites is 2. The predicted octanol–water partition coefficient (Wildman–Crippen LogP) is 6.62. The lowest BCUT2D eigenvalue weighted by molar-refractivity contribution is -0.433. The van der Waals surface area contributed by atoms with E-state index in [4.69, 9.17) is 0 Å². The van der Waals surface area contributed by atoms with Crippen LogP contribution in [0.3, 0.4) is 0 Å². The van der Waals surface area contributed by atoms with Gasteiger partial charge in [0.05, 0.1) is 5.41 Å². The molecule has 0 bridgehead atoms. The number of hydrogen-bond acceptors (Lipinski definition) is 1. The molecule has 0 spiro atoms. The normalized spacial score (nSPS) is 22.4. The van der Waals surface area contributed by atoms with Crippen molar-refractivity contribution in [2.24, 2.45) is 0 Å². The van der Waals surface area contributed by atoms with E-state index in [1.165, 1.54) is 39.5 Å². The summed E-state index contributed by atoms with van der Waals surface area (Å²) in [6, 6.07) is 28.7. The van der Waals surface area contributed by atoms with E-state index in [0.29, 0.717) is 0 Å². The summed E-state index contributed by atoms with van der Waals surface area (Å²) < 4.78 is 2.50. The Morgan fingerprint density at radius 1 is 0.812 bits per heavy atom. The molecule has 2 aliphatic rings. The monoisotopic (exact) mass is 421 g/mol. The summed E-state index contributed by atoms with van der Waals surface area (Å²) in [6.07, 6.45) is 3.47. The molecule has 0 aliphatic carbocycles. The Kier molecular flexibility index (Phi) is 4.85. The Bertz CT molecular complexity index is 1230. The fraction of sp³-hybridized carbons (Fsp3) is 0.300. The number of nitrogens with zero attached hydrogens (tertiary/aromatic N) is 2. The maximum atomic E-state index is 2.50. The summed E-state index contributed by atoms with van der Waals surface area (Å²) >= 11 is 0. The van der Waals surface area contributed by atoms with Crippen LogP contribution in [-0.2, 0) is 17.3 Å². The van der Waals surface area contributed by atoms with E-state index in [2.05, 4.69) is 129 Å². The molecular formula is C30H33N2+. The molecule has 0 radical (unpaired) electrons. The Labute approximate surface area is 192 Å². The van der Waals surface area contributed by atoms with Gasteiger partial charge in [-0.25, -0.2) is 0 Å². The van der Waals surface area contributed by atoms with Gasteiger partial charge in [-0.05, 0) is 51.3 Å². The molecule has 2 heterocycles. The molecule has 2 aliphatic heterocycles. The second-order valence-electron chi connectivity index (χ2n) is 9.87. The van der Waals surface area contributed by atoms with Crippen molar-refractivity contribution in [3.63, 3.8) is 0 Å². The molecule has 1 unspecified atom stereocenters. The number of benzene rings is 3. The first-order valence-corrected chi connectivity index (χ1v) is 11.7. The van der Waals surface area contributed by atoms with E-state index in [0.717, 1.165) is 13.0 Å². The summed E-state index contributed by atoms with van der Waals surface area (Å²) in [6.45, 7) is 10.4. The molecule has 0 aromatic heterocycles. The lowest BCUT2D eigenvalue weighted by atomic mass is 9.74. The van der Waals surface area contributed by atoms with Crippen molar-refractivity contribution in [3.05, 3.63) is 107 Å². The van der Waals surface area contributed by atoms with Crippen LogP contribution < -0.4 is 4.90 Å². The first-order valence-electron chi connectivity index (χ1n) is 11.7. The number of rotatable bonds is 4. The highest BCUT2D eigenvalue weighted by Gasteiger charge is 2.48. The fourth-order valence-electron chi connectivity index (χ4n) is 5.89. The van der Waals surface area contributed by atoms with Gasteiger partial charge in [0, 0.05) is 41.6 Å². The van der Waals surface area contributed by atoms with Crippen LogP contribution in [0.1, 0.15) is 44.4 Å². The summed E-state index contributed by atoms with van der Waals surface area (Å²) in [5.74, 6) is 0. The third-order valence-corrected chi connectivity index (χ3v) is 7.58. The minimum Gasteiger partial charge on any atom is -0.347 e. The topological polar surface area (TPSA) is 6.25 Å². The van der Waals surface area contributed by atoms with Crippen LogP contribution in [0.5, 0.6) is 0 Å². The summed E-state index contributed by atoms with van der Waals surface area (Å²) in [4.78, 5) is 2.41. The molecule has 3 aromatic carbocycles. The van der Waals surface area contributed by atoms with Gasteiger partial charge in [0.1, 0.15) is 6.54 Å². The van der Waals surface area contributed by atoms with E-state index < -0.39 is 0 Å². The minimum atomic E-state index is -0.0933. The van der Waals surface area contributed by atoms with E-state index in [9.17, 15) is 0 Å². The third-order valence-electron chi connectivity index (χ3n) is 7.58. The molecule has 0 saturated heterocycles. The molecule has 0 N–H and O–H groups in total. The largest absolute Gasteiger partial charge is 0.347 e. The van der Waals surface area contributed by atoms with Gasteiger partial charge < -0.3 is 4.90 Å². The smallest absolute Gasteiger partial charge is 0.209 e. The number of anilines is 1. The van der Waals surface area contributed by atoms with Crippen LogP contribution in [-0.4, -0.2) is 23.9 Å². The molecule has 1 atom stereocenters. The van der Waals surface area contributed by atoms with Gasteiger partial charge in [0.2, 0.25) is 5.69 Å². The lowest BCUT2D eigenvalue weighted by Crippen LogP contribution is -2.33. The molecule has 162 valence electrons.